The number of hydrogen-bond acceptors (Lipinski definition) is 3. The lowest BCUT2D eigenvalue weighted by Gasteiger charge is -2.07. The number of alkyl halides is 1. The van der Waals surface area contributed by atoms with Crippen LogP contribution in [0.15, 0.2) is 0 Å². The maximum absolute atomic E-state index is 11.8. The Labute approximate surface area is 102 Å². The molecule has 0 amide bonds. The van der Waals surface area contributed by atoms with Gasteiger partial charge in [-0.2, -0.15) is 11.8 Å². The lowest BCUT2D eigenvalue weighted by atomic mass is 10.2. The molecule has 4 heteroatoms. The highest BCUT2D eigenvalue weighted by Crippen LogP contribution is 2.09. The van der Waals surface area contributed by atoms with E-state index in [9.17, 15) is 9.18 Å². The number of hydrogen-bond donors (Lipinski definition) is 0. The van der Waals surface area contributed by atoms with Gasteiger partial charge in [0, 0.05) is 0 Å². The Morgan fingerprint density at radius 1 is 1.19 bits per heavy atom. The summed E-state index contributed by atoms with van der Waals surface area (Å²) in [6, 6.07) is 0. The van der Waals surface area contributed by atoms with E-state index in [-0.39, 0.29) is 18.7 Å². The number of ether oxygens (including phenoxy) is 1. The van der Waals surface area contributed by atoms with Crippen LogP contribution in [0.3, 0.4) is 0 Å². The van der Waals surface area contributed by atoms with Crippen LogP contribution in [0.4, 0.5) is 4.39 Å². The van der Waals surface area contributed by atoms with Crippen molar-refractivity contribution in [3.63, 3.8) is 0 Å². The van der Waals surface area contributed by atoms with Crippen LogP contribution in [0, 0.1) is 0 Å². The Kier molecular flexibility index (Phi) is 11.1. The van der Waals surface area contributed by atoms with Crippen LogP contribution in [0.25, 0.3) is 0 Å². The summed E-state index contributed by atoms with van der Waals surface area (Å²) in [6.07, 6.45) is 4.98. The minimum Gasteiger partial charge on any atom is -0.462 e. The quantitative estimate of drug-likeness (QED) is 0.438. The van der Waals surface area contributed by atoms with Crippen LogP contribution in [0.2, 0.25) is 0 Å². The van der Waals surface area contributed by atoms with E-state index in [0.717, 1.165) is 31.4 Å². The highest BCUT2D eigenvalue weighted by molar-refractivity contribution is 7.99. The van der Waals surface area contributed by atoms with Crippen LogP contribution in [0.5, 0.6) is 0 Å². The molecule has 0 heterocycles. The van der Waals surface area contributed by atoms with Crippen LogP contribution < -0.4 is 0 Å². The summed E-state index contributed by atoms with van der Waals surface area (Å²) in [4.78, 5) is 11.1. The van der Waals surface area contributed by atoms with Gasteiger partial charge in [-0.05, 0) is 32.4 Å². The van der Waals surface area contributed by atoms with Gasteiger partial charge in [0.1, 0.15) is 0 Å². The Morgan fingerprint density at radius 3 is 2.44 bits per heavy atom. The zero-order valence-electron chi connectivity index (χ0n) is 10.3. The van der Waals surface area contributed by atoms with Crippen molar-refractivity contribution in [2.45, 2.75) is 52.1 Å². The number of thioether (sulfide) groups is 1. The molecule has 0 radical (unpaired) electrons. The standard InChI is InChI=1S/C12H23FO2S/c1-11(2)15-12(14)10-16-9-7-5-3-4-6-8-13/h11H,3-10H2,1-2H3. The minimum atomic E-state index is -0.199. The SMILES string of the molecule is CC(C)OC(=O)CSCCCCCCCF. The van der Waals surface area contributed by atoms with Crippen molar-refractivity contribution < 1.29 is 13.9 Å². The summed E-state index contributed by atoms with van der Waals surface area (Å²) in [5, 5.41) is 0. The number of esters is 1. The lowest BCUT2D eigenvalue weighted by Crippen LogP contribution is -2.13. The fourth-order valence-electron chi connectivity index (χ4n) is 1.28. The Balaban J connectivity index is 3.11. The number of carbonyl (C=O) groups is 1. The molecule has 0 aliphatic heterocycles. The maximum Gasteiger partial charge on any atom is 0.316 e. The molecule has 0 aliphatic carbocycles. The third-order valence-corrected chi connectivity index (χ3v) is 3.03. The van der Waals surface area contributed by atoms with Crippen molar-refractivity contribution in [2.75, 3.05) is 18.2 Å². The van der Waals surface area contributed by atoms with Gasteiger partial charge in [0.2, 0.25) is 0 Å². The van der Waals surface area contributed by atoms with E-state index in [1.54, 1.807) is 11.8 Å². The summed E-state index contributed by atoms with van der Waals surface area (Å²) in [5.74, 6) is 1.31. The van der Waals surface area contributed by atoms with Crippen LogP contribution in [0.1, 0.15) is 46.0 Å². The molecular weight excluding hydrogens is 227 g/mol. The first kappa shape index (κ1) is 15.8. The van der Waals surface area contributed by atoms with E-state index in [2.05, 4.69) is 0 Å². The van der Waals surface area contributed by atoms with Crippen LogP contribution in [-0.2, 0) is 9.53 Å². The topological polar surface area (TPSA) is 26.3 Å². The van der Waals surface area contributed by atoms with Gasteiger partial charge in [-0.3, -0.25) is 9.18 Å². The molecule has 0 atom stereocenters. The normalized spacial score (nSPS) is 10.8. The highest BCUT2D eigenvalue weighted by Gasteiger charge is 2.04. The number of halogens is 1. The molecule has 0 aromatic carbocycles. The predicted octanol–water partition coefficient (Wildman–Crippen LogP) is 3.59. The third kappa shape index (κ3) is 11.8. The summed E-state index contributed by atoms with van der Waals surface area (Å²) < 4.78 is 16.8. The summed E-state index contributed by atoms with van der Waals surface area (Å²) in [7, 11) is 0. The van der Waals surface area contributed by atoms with Gasteiger partial charge in [0.15, 0.2) is 0 Å². The predicted molar refractivity (Wildman–Crippen MR) is 67.6 cm³/mol. The molecule has 2 nitrogen and oxygen atoms in total. The number of unbranched alkanes of at least 4 members (excludes halogenated alkanes) is 4. The molecule has 0 saturated heterocycles. The summed E-state index contributed by atoms with van der Waals surface area (Å²) in [5.41, 5.74) is 0. The molecule has 0 fully saturated rings. The monoisotopic (exact) mass is 250 g/mol. The largest absolute Gasteiger partial charge is 0.462 e. The molecule has 0 aromatic rings. The average molecular weight is 250 g/mol. The van der Waals surface area contributed by atoms with Gasteiger partial charge in [0.25, 0.3) is 0 Å². The lowest BCUT2D eigenvalue weighted by molar-refractivity contribution is -0.144. The van der Waals surface area contributed by atoms with Crippen LogP contribution >= 0.6 is 11.8 Å². The second kappa shape index (κ2) is 11.2. The van der Waals surface area contributed by atoms with Crippen LogP contribution in [-0.4, -0.2) is 30.3 Å². The van der Waals surface area contributed by atoms with Crippen molar-refractivity contribution in [2.24, 2.45) is 0 Å². The van der Waals surface area contributed by atoms with E-state index < -0.39 is 0 Å². The smallest absolute Gasteiger partial charge is 0.316 e. The van der Waals surface area contributed by atoms with Crippen molar-refractivity contribution >= 4 is 17.7 Å². The second-order valence-electron chi connectivity index (χ2n) is 4.05. The Morgan fingerprint density at radius 2 is 1.81 bits per heavy atom. The molecule has 0 saturated carbocycles. The van der Waals surface area contributed by atoms with Gasteiger partial charge in [-0.15, -0.1) is 0 Å². The first-order valence-electron chi connectivity index (χ1n) is 6.00. The maximum atomic E-state index is 11.8. The number of rotatable bonds is 10. The van der Waals surface area contributed by atoms with Gasteiger partial charge in [-0.25, -0.2) is 0 Å². The van der Waals surface area contributed by atoms with Crippen molar-refractivity contribution in [1.82, 2.24) is 0 Å². The molecule has 0 unspecified atom stereocenters. The average Bonchev–Trinajstić information content (AvgIpc) is 2.21. The molecule has 0 aliphatic rings. The third-order valence-electron chi connectivity index (χ3n) is 2.01. The zero-order valence-corrected chi connectivity index (χ0v) is 11.2. The summed E-state index contributed by atoms with van der Waals surface area (Å²) >= 11 is 1.62. The summed E-state index contributed by atoms with van der Waals surface area (Å²) in [6.45, 7) is 3.51. The van der Waals surface area contributed by atoms with E-state index in [4.69, 9.17) is 4.74 Å². The van der Waals surface area contributed by atoms with E-state index in [1.165, 1.54) is 0 Å². The molecule has 0 aromatic heterocycles. The van der Waals surface area contributed by atoms with E-state index >= 15 is 0 Å². The fourth-order valence-corrected chi connectivity index (χ4v) is 2.07. The molecular formula is C12H23FO2S. The van der Waals surface area contributed by atoms with Gasteiger partial charge in [-0.1, -0.05) is 19.3 Å². The number of carbonyl (C=O) groups excluding carboxylic acids is 1. The first-order valence-corrected chi connectivity index (χ1v) is 7.15. The van der Waals surface area contributed by atoms with E-state index in [0.29, 0.717) is 12.2 Å². The van der Waals surface area contributed by atoms with Crippen molar-refractivity contribution in [3.8, 4) is 0 Å². The Bertz CT molecular complexity index is 174. The molecule has 0 spiro atoms. The molecule has 16 heavy (non-hydrogen) atoms. The highest BCUT2D eigenvalue weighted by atomic mass is 32.2. The second-order valence-corrected chi connectivity index (χ2v) is 5.15. The molecule has 96 valence electrons. The van der Waals surface area contributed by atoms with Gasteiger partial charge < -0.3 is 4.74 Å². The fraction of sp³-hybridized carbons (Fsp3) is 0.917. The van der Waals surface area contributed by atoms with Crippen molar-refractivity contribution in [1.29, 1.82) is 0 Å². The molecule has 0 bridgehead atoms. The molecule has 0 rings (SSSR count). The van der Waals surface area contributed by atoms with Gasteiger partial charge >= 0.3 is 5.97 Å². The minimum absolute atomic E-state index is 0.0196. The van der Waals surface area contributed by atoms with E-state index in [1.807, 2.05) is 13.8 Å². The zero-order chi connectivity index (χ0) is 12.2. The van der Waals surface area contributed by atoms with Gasteiger partial charge in [0.05, 0.1) is 18.5 Å². The molecule has 0 N–H and O–H groups in total. The van der Waals surface area contributed by atoms with Crippen molar-refractivity contribution in [3.05, 3.63) is 0 Å². The first-order chi connectivity index (χ1) is 7.66. The Hall–Kier alpha value is -0.250.